The van der Waals surface area contributed by atoms with E-state index >= 15 is 0 Å². The minimum atomic E-state index is -1.46. The van der Waals surface area contributed by atoms with Crippen molar-refractivity contribution in [3.8, 4) is 23.0 Å². The van der Waals surface area contributed by atoms with Crippen molar-refractivity contribution < 1.29 is 48.3 Å². The maximum atomic E-state index is 14.7. The van der Waals surface area contributed by atoms with E-state index < -0.39 is 29.4 Å². The van der Waals surface area contributed by atoms with Crippen molar-refractivity contribution in [3.05, 3.63) is 97.1 Å². The highest BCUT2D eigenvalue weighted by atomic mass is 16.7. The number of rotatable bonds is 21. The molecule has 0 radical (unpaired) electrons. The van der Waals surface area contributed by atoms with E-state index in [4.69, 9.17) is 38.4 Å². The smallest absolute Gasteiger partial charge is 0.410 e. The lowest BCUT2D eigenvalue weighted by atomic mass is 9.55. The molecule has 59 heavy (non-hydrogen) atoms. The Kier molecular flexibility index (Phi) is 14.8. The number of carbonyl (C=O) groups excluding carboxylic acids is 1. The summed E-state index contributed by atoms with van der Waals surface area (Å²) in [6.45, 7) is 18.6. The van der Waals surface area contributed by atoms with Crippen LogP contribution in [0.15, 0.2) is 91.2 Å². The number of benzene rings is 2. The Bertz CT molecular complexity index is 1850. The van der Waals surface area contributed by atoms with Gasteiger partial charge in [-0.1, -0.05) is 54.9 Å². The number of hydrogen-bond acceptors (Lipinski definition) is 11. The van der Waals surface area contributed by atoms with Gasteiger partial charge in [0.1, 0.15) is 29.7 Å². The number of carbonyl (C=O) groups is 1. The van der Waals surface area contributed by atoms with Crippen LogP contribution in [0.4, 0.5) is 4.79 Å². The van der Waals surface area contributed by atoms with Crippen molar-refractivity contribution in [2.75, 3.05) is 39.8 Å². The second-order valence-electron chi connectivity index (χ2n) is 16.6. The van der Waals surface area contributed by atoms with Crippen molar-refractivity contribution in [1.29, 1.82) is 0 Å². The Hall–Kier alpha value is -4.78. The van der Waals surface area contributed by atoms with Crippen LogP contribution in [0, 0.1) is 17.8 Å². The molecule has 1 saturated carbocycles. The number of nitrogens with zero attached hydrogens (tertiary/aromatic N) is 2. The van der Waals surface area contributed by atoms with E-state index in [9.17, 15) is 15.0 Å². The number of ether oxygens (including phenoxy) is 6. The van der Waals surface area contributed by atoms with Gasteiger partial charge in [-0.05, 0) is 106 Å². The Balaban J connectivity index is 1.61. The van der Waals surface area contributed by atoms with Crippen LogP contribution < -0.4 is 18.9 Å². The summed E-state index contributed by atoms with van der Waals surface area (Å²) in [4.78, 5) is 22.6. The van der Waals surface area contributed by atoms with Gasteiger partial charge in [0.25, 0.3) is 0 Å². The summed E-state index contributed by atoms with van der Waals surface area (Å²) < 4.78 is 37.9. The monoisotopic (exact) mass is 814 g/mol. The summed E-state index contributed by atoms with van der Waals surface area (Å²) in [7, 11) is 0. The van der Waals surface area contributed by atoms with Crippen molar-refractivity contribution in [2.24, 2.45) is 22.9 Å². The van der Waals surface area contributed by atoms with E-state index in [0.29, 0.717) is 54.6 Å². The van der Waals surface area contributed by atoms with E-state index in [1.807, 2.05) is 51.1 Å². The zero-order chi connectivity index (χ0) is 42.0. The molecule has 6 rings (SSSR count). The molecule has 2 heterocycles. The molecule has 0 spiro atoms. The fourth-order valence-electron chi connectivity index (χ4n) is 8.94. The summed E-state index contributed by atoms with van der Waals surface area (Å²) >= 11 is 0. The summed E-state index contributed by atoms with van der Waals surface area (Å²) in [6, 6.07) is 10.7. The van der Waals surface area contributed by atoms with Gasteiger partial charge in [-0.2, -0.15) is 0 Å². The number of unbranched alkanes of at least 4 members (excludes halogenated alkanes) is 2. The lowest BCUT2D eigenvalue weighted by molar-refractivity contribution is -0.256. The van der Waals surface area contributed by atoms with Gasteiger partial charge in [-0.25, -0.2) is 4.79 Å². The Labute approximate surface area is 349 Å². The van der Waals surface area contributed by atoms with Crippen LogP contribution in [0.3, 0.4) is 0 Å². The van der Waals surface area contributed by atoms with Crippen LogP contribution >= 0.6 is 0 Å². The van der Waals surface area contributed by atoms with Gasteiger partial charge < -0.3 is 43.5 Å². The van der Waals surface area contributed by atoms with Crippen LogP contribution in [0.5, 0.6) is 23.0 Å². The SMILES string of the molecule is C=CCCOC(=O)N(Cc1ccc2c(c1)OCO2)[C@H]1CC(=NOC(C)(C)C)C2=C[C@H](CCCCO)[C@@H](CCCCO)[C@@H]3c4cc(OCC=C)ccc4O[C@@]1(OCC=C)[C@H]23. The van der Waals surface area contributed by atoms with Gasteiger partial charge in [0.05, 0.1) is 24.8 Å². The third-order valence-corrected chi connectivity index (χ3v) is 11.4. The van der Waals surface area contributed by atoms with E-state index in [0.717, 1.165) is 42.4 Å². The maximum Gasteiger partial charge on any atom is 0.410 e. The fraction of sp³-hybridized carbons (Fsp3) is 0.532. The van der Waals surface area contributed by atoms with Crippen LogP contribution in [0.1, 0.15) is 89.2 Å². The van der Waals surface area contributed by atoms with Crippen molar-refractivity contribution in [1.82, 2.24) is 4.90 Å². The Morgan fingerprint density at radius 1 is 0.949 bits per heavy atom. The van der Waals surface area contributed by atoms with E-state index in [-0.39, 0.29) is 63.9 Å². The van der Waals surface area contributed by atoms with Gasteiger partial charge in [0.15, 0.2) is 11.5 Å². The normalized spacial score (nSPS) is 24.5. The standard InChI is InChI=1S/C47H62N2O10/c1-7-10-25-54-45(52)49(30-32-17-19-40-41(26-32)56-31-55-40)42-29-38(48-59-46(4,5)6)36-27-33(15-11-13-21-50)35(16-12-14-22-51)43-37-28-34(53-23-8-2)18-20-39(37)58-47(42,44(36)43)57-24-9-3/h7-9,17-20,26-28,33,35,42-44,50-51H,1-3,10-16,21-25,29-31H2,4-6H3/t33-,35+,42-,43+,44+,47+/m0/s1. The third kappa shape index (κ3) is 9.99. The highest BCUT2D eigenvalue weighted by Crippen LogP contribution is 2.62. The zero-order valence-electron chi connectivity index (χ0n) is 34.9. The van der Waals surface area contributed by atoms with Crippen LogP contribution in [0.25, 0.3) is 0 Å². The van der Waals surface area contributed by atoms with E-state index in [2.05, 4.69) is 31.9 Å². The first-order chi connectivity index (χ1) is 28.6. The molecule has 2 aliphatic carbocycles. The van der Waals surface area contributed by atoms with E-state index in [1.54, 1.807) is 23.1 Å². The van der Waals surface area contributed by atoms with Crippen molar-refractivity contribution in [2.45, 2.75) is 102 Å². The van der Waals surface area contributed by atoms with Gasteiger partial charge in [0, 0.05) is 37.7 Å². The second-order valence-corrected chi connectivity index (χ2v) is 16.6. The van der Waals surface area contributed by atoms with Crippen molar-refractivity contribution >= 4 is 11.8 Å². The molecular formula is C47H62N2O10. The largest absolute Gasteiger partial charge is 0.490 e. The number of hydrogen-bond donors (Lipinski definition) is 2. The predicted molar refractivity (Wildman–Crippen MR) is 226 cm³/mol. The molecule has 2 N–H and O–H groups in total. The molecule has 1 amide bonds. The molecule has 6 atom stereocenters. The first-order valence-electron chi connectivity index (χ1n) is 21.0. The lowest BCUT2D eigenvalue weighted by Gasteiger charge is -2.60. The average molecular weight is 815 g/mol. The van der Waals surface area contributed by atoms with Crippen molar-refractivity contribution in [3.63, 3.8) is 0 Å². The highest BCUT2D eigenvalue weighted by Gasteiger charge is 2.65. The Morgan fingerprint density at radius 3 is 2.42 bits per heavy atom. The lowest BCUT2D eigenvalue weighted by Crippen LogP contribution is -2.70. The molecule has 12 heteroatoms. The third-order valence-electron chi connectivity index (χ3n) is 11.4. The van der Waals surface area contributed by atoms with E-state index in [1.165, 1.54) is 0 Å². The molecule has 2 aromatic carbocycles. The number of allylic oxidation sites excluding steroid dienone is 1. The van der Waals surface area contributed by atoms with Crippen LogP contribution in [0.2, 0.25) is 0 Å². The molecule has 0 aromatic heterocycles. The summed E-state index contributed by atoms with van der Waals surface area (Å²) in [6.07, 6.45) is 12.2. The minimum absolute atomic E-state index is 0.0587. The summed E-state index contributed by atoms with van der Waals surface area (Å²) in [5, 5.41) is 24.7. The van der Waals surface area contributed by atoms with Gasteiger partial charge >= 0.3 is 6.09 Å². The molecule has 0 unspecified atom stereocenters. The van der Waals surface area contributed by atoms with Gasteiger partial charge in [0.2, 0.25) is 12.6 Å². The molecule has 1 fully saturated rings. The first-order valence-corrected chi connectivity index (χ1v) is 21.0. The predicted octanol–water partition coefficient (Wildman–Crippen LogP) is 8.63. The number of aliphatic hydroxyl groups is 2. The highest BCUT2D eigenvalue weighted by molar-refractivity contribution is 6.03. The van der Waals surface area contributed by atoms with Gasteiger partial charge in [-0.3, -0.25) is 4.90 Å². The molecule has 320 valence electrons. The average Bonchev–Trinajstić information content (AvgIpc) is 3.70. The zero-order valence-corrected chi connectivity index (χ0v) is 34.9. The summed E-state index contributed by atoms with van der Waals surface area (Å²) in [5.41, 5.74) is 2.79. The number of oxime groups is 1. The number of aliphatic hydroxyl groups excluding tert-OH is 2. The fourth-order valence-corrected chi connectivity index (χ4v) is 8.94. The van der Waals surface area contributed by atoms with Crippen LogP contribution in [-0.4, -0.2) is 84.2 Å². The number of amides is 1. The minimum Gasteiger partial charge on any atom is -0.490 e. The molecule has 2 aliphatic heterocycles. The maximum absolute atomic E-state index is 14.7. The van der Waals surface area contributed by atoms with Crippen LogP contribution in [-0.2, 0) is 20.9 Å². The first kappa shape index (κ1) is 43.8. The molecule has 4 aliphatic rings. The number of fused-ring (bicyclic) bond motifs is 3. The second kappa shape index (κ2) is 20.0. The molecule has 0 saturated heterocycles. The quantitative estimate of drug-likeness (QED) is 0.0716. The Morgan fingerprint density at radius 2 is 1.69 bits per heavy atom. The molecule has 0 bridgehead atoms. The molecular weight excluding hydrogens is 753 g/mol. The topological polar surface area (TPSA) is 138 Å². The summed E-state index contributed by atoms with van der Waals surface area (Å²) in [5.74, 6) is 0.531. The molecule has 2 aromatic rings. The van der Waals surface area contributed by atoms with Gasteiger partial charge in [-0.15, -0.1) is 13.2 Å². The molecule has 12 nitrogen and oxygen atoms in total.